The van der Waals surface area contributed by atoms with Crippen LogP contribution in [-0.2, 0) is 10.0 Å². The normalized spacial score (nSPS) is 29.2. The van der Waals surface area contributed by atoms with Gasteiger partial charge in [0.15, 0.2) is 0 Å². The first-order valence-corrected chi connectivity index (χ1v) is 9.95. The minimum Gasteiger partial charge on any atom is -0.391 e. The molecule has 0 aliphatic heterocycles. The Morgan fingerprint density at radius 1 is 1.26 bits per heavy atom. The van der Waals surface area contributed by atoms with Crippen LogP contribution in [0.2, 0.25) is 0 Å². The molecule has 2 saturated carbocycles. The van der Waals surface area contributed by atoms with Crippen LogP contribution in [0.5, 0.6) is 0 Å². The van der Waals surface area contributed by atoms with Gasteiger partial charge in [-0.2, -0.15) is 5.10 Å². The molecule has 1 aromatic heterocycles. The van der Waals surface area contributed by atoms with Gasteiger partial charge in [-0.25, -0.2) is 22.8 Å². The molecule has 2 aliphatic carbocycles. The zero-order valence-corrected chi connectivity index (χ0v) is 14.8. The summed E-state index contributed by atoms with van der Waals surface area (Å²) >= 11 is 0. The van der Waals surface area contributed by atoms with Crippen molar-refractivity contribution < 1.29 is 13.5 Å². The molecule has 1 aromatic rings. The van der Waals surface area contributed by atoms with E-state index in [-0.39, 0.29) is 17.2 Å². The van der Waals surface area contributed by atoms with Gasteiger partial charge in [0, 0.05) is 18.0 Å². The number of nitrogens with one attached hydrogen (secondary N) is 1. The van der Waals surface area contributed by atoms with E-state index in [1.54, 1.807) is 0 Å². The Labute approximate surface area is 137 Å². The Morgan fingerprint density at radius 2 is 1.96 bits per heavy atom. The van der Waals surface area contributed by atoms with Crippen molar-refractivity contribution in [1.29, 1.82) is 0 Å². The lowest BCUT2D eigenvalue weighted by Gasteiger charge is -2.33. The molecule has 7 nitrogen and oxygen atoms in total. The standard InChI is InChI=1S/C15H26N4O3S/c1-9(2)19-15(16-10(3)17-19)11-4-7-14(20)13(8-11)18-23(21,22)12-5-6-12/h9,11-14,18,20H,4-8H2,1-3H3/t11-,13+,14+/m0/s1. The quantitative estimate of drug-likeness (QED) is 0.839. The maximum Gasteiger partial charge on any atom is 0.214 e. The Kier molecular flexibility index (Phi) is 4.50. The second kappa shape index (κ2) is 6.14. The Morgan fingerprint density at radius 3 is 2.57 bits per heavy atom. The number of aryl methyl sites for hydroxylation is 1. The largest absolute Gasteiger partial charge is 0.391 e. The lowest BCUT2D eigenvalue weighted by Crippen LogP contribution is -2.47. The van der Waals surface area contributed by atoms with Crippen molar-refractivity contribution in [3.05, 3.63) is 11.6 Å². The number of rotatable bonds is 5. The van der Waals surface area contributed by atoms with Crippen LogP contribution in [0.3, 0.4) is 0 Å². The Bertz CT molecular complexity index is 666. The van der Waals surface area contributed by atoms with E-state index < -0.39 is 22.2 Å². The van der Waals surface area contributed by atoms with Crippen LogP contribution < -0.4 is 4.72 Å². The van der Waals surface area contributed by atoms with Crippen LogP contribution in [0.25, 0.3) is 0 Å². The fourth-order valence-electron chi connectivity index (χ4n) is 3.31. The van der Waals surface area contributed by atoms with E-state index in [9.17, 15) is 13.5 Å². The SMILES string of the molecule is Cc1nc([C@H]2CC[C@@H](O)[C@H](NS(=O)(=O)C3CC3)C2)n(C(C)C)n1. The molecule has 1 heterocycles. The number of aromatic nitrogens is 3. The fourth-order valence-corrected chi connectivity index (χ4v) is 4.93. The highest BCUT2D eigenvalue weighted by Gasteiger charge is 2.40. The predicted octanol–water partition coefficient (Wildman–Crippen LogP) is 1.25. The van der Waals surface area contributed by atoms with Gasteiger partial charge in [-0.1, -0.05) is 0 Å². The van der Waals surface area contributed by atoms with Gasteiger partial charge in [0.05, 0.1) is 11.4 Å². The predicted molar refractivity (Wildman–Crippen MR) is 86.6 cm³/mol. The highest BCUT2D eigenvalue weighted by Crippen LogP contribution is 2.35. The van der Waals surface area contributed by atoms with Crippen molar-refractivity contribution in [2.24, 2.45) is 0 Å². The van der Waals surface area contributed by atoms with Crippen molar-refractivity contribution >= 4 is 10.0 Å². The molecule has 0 unspecified atom stereocenters. The van der Waals surface area contributed by atoms with E-state index in [1.165, 1.54) is 0 Å². The van der Waals surface area contributed by atoms with Gasteiger partial charge in [-0.15, -0.1) is 0 Å². The molecule has 2 N–H and O–H groups in total. The summed E-state index contributed by atoms with van der Waals surface area (Å²) in [6.07, 6.45) is 2.76. The average Bonchev–Trinajstić information content (AvgIpc) is 3.25. The number of nitrogens with zero attached hydrogens (tertiary/aromatic N) is 3. The molecule has 8 heteroatoms. The summed E-state index contributed by atoms with van der Waals surface area (Å²) in [4.78, 5) is 4.55. The average molecular weight is 342 g/mol. The molecule has 0 amide bonds. The van der Waals surface area contributed by atoms with Gasteiger partial charge < -0.3 is 5.11 Å². The van der Waals surface area contributed by atoms with Gasteiger partial charge in [-0.3, -0.25) is 0 Å². The summed E-state index contributed by atoms with van der Waals surface area (Å²) in [5, 5.41) is 14.4. The molecule has 0 bridgehead atoms. The maximum absolute atomic E-state index is 12.2. The fraction of sp³-hybridized carbons (Fsp3) is 0.867. The summed E-state index contributed by atoms with van der Waals surface area (Å²) in [7, 11) is -3.30. The lowest BCUT2D eigenvalue weighted by molar-refractivity contribution is 0.0912. The van der Waals surface area contributed by atoms with Crippen LogP contribution in [0.4, 0.5) is 0 Å². The molecule has 2 aliphatic rings. The third-order valence-corrected chi connectivity index (χ3v) is 6.69. The van der Waals surface area contributed by atoms with Crippen LogP contribution >= 0.6 is 0 Å². The minimum absolute atomic E-state index is 0.119. The summed E-state index contributed by atoms with van der Waals surface area (Å²) in [6, 6.07) is -0.225. The molecule has 0 spiro atoms. The molecular weight excluding hydrogens is 316 g/mol. The molecule has 2 fully saturated rings. The second-order valence-electron chi connectivity index (χ2n) is 7.10. The Balaban J connectivity index is 1.77. The molecule has 0 aromatic carbocycles. The second-order valence-corrected chi connectivity index (χ2v) is 9.09. The lowest BCUT2D eigenvalue weighted by atomic mass is 9.83. The third kappa shape index (κ3) is 3.59. The summed E-state index contributed by atoms with van der Waals surface area (Å²) in [5.41, 5.74) is 0. The summed E-state index contributed by atoms with van der Waals surface area (Å²) < 4.78 is 29.0. The zero-order chi connectivity index (χ0) is 16.8. The molecular formula is C15H26N4O3S. The first kappa shape index (κ1) is 16.9. The van der Waals surface area contributed by atoms with Gasteiger partial charge >= 0.3 is 0 Å². The van der Waals surface area contributed by atoms with Crippen molar-refractivity contribution in [2.45, 2.75) is 82.2 Å². The zero-order valence-electron chi connectivity index (χ0n) is 13.9. The molecule has 3 atom stereocenters. The van der Waals surface area contributed by atoms with E-state index >= 15 is 0 Å². The minimum atomic E-state index is -3.30. The van der Waals surface area contributed by atoms with Crippen LogP contribution in [0.1, 0.15) is 69.6 Å². The van der Waals surface area contributed by atoms with Gasteiger partial charge in [0.25, 0.3) is 0 Å². The topological polar surface area (TPSA) is 97.1 Å². The van der Waals surface area contributed by atoms with E-state index in [4.69, 9.17) is 0 Å². The number of hydrogen-bond acceptors (Lipinski definition) is 5. The maximum atomic E-state index is 12.2. The highest BCUT2D eigenvalue weighted by atomic mass is 32.2. The van der Waals surface area contributed by atoms with Crippen molar-refractivity contribution in [3.8, 4) is 0 Å². The van der Waals surface area contributed by atoms with Gasteiger partial charge in [-0.05, 0) is 52.9 Å². The highest BCUT2D eigenvalue weighted by molar-refractivity contribution is 7.90. The first-order chi connectivity index (χ1) is 10.8. The van der Waals surface area contributed by atoms with Crippen molar-refractivity contribution in [2.75, 3.05) is 0 Å². The molecule has 23 heavy (non-hydrogen) atoms. The van der Waals surface area contributed by atoms with E-state index in [0.29, 0.717) is 12.8 Å². The summed E-state index contributed by atoms with van der Waals surface area (Å²) in [5.74, 6) is 1.75. The molecule has 0 radical (unpaired) electrons. The molecule has 0 saturated heterocycles. The number of aliphatic hydroxyl groups excluding tert-OH is 1. The van der Waals surface area contributed by atoms with Crippen LogP contribution in [0, 0.1) is 6.92 Å². The molecule has 3 rings (SSSR count). The Hall–Kier alpha value is -0.990. The van der Waals surface area contributed by atoms with E-state index in [0.717, 1.165) is 30.9 Å². The van der Waals surface area contributed by atoms with Crippen molar-refractivity contribution in [3.63, 3.8) is 0 Å². The number of hydrogen-bond donors (Lipinski definition) is 2. The van der Waals surface area contributed by atoms with E-state index in [1.807, 2.05) is 11.6 Å². The molecule has 130 valence electrons. The van der Waals surface area contributed by atoms with Crippen LogP contribution in [-0.4, -0.2) is 45.7 Å². The number of sulfonamides is 1. The van der Waals surface area contributed by atoms with Crippen molar-refractivity contribution in [1.82, 2.24) is 19.5 Å². The van der Waals surface area contributed by atoms with E-state index in [2.05, 4.69) is 28.7 Å². The van der Waals surface area contributed by atoms with Gasteiger partial charge in [0.2, 0.25) is 10.0 Å². The monoisotopic (exact) mass is 342 g/mol. The smallest absolute Gasteiger partial charge is 0.214 e. The summed E-state index contributed by atoms with van der Waals surface area (Å²) in [6.45, 7) is 5.98. The van der Waals surface area contributed by atoms with Crippen LogP contribution in [0.15, 0.2) is 0 Å². The first-order valence-electron chi connectivity index (χ1n) is 8.40. The number of aliphatic hydroxyl groups is 1. The third-order valence-electron chi connectivity index (χ3n) is 4.71. The van der Waals surface area contributed by atoms with Gasteiger partial charge in [0.1, 0.15) is 11.6 Å².